The number of rotatable bonds is 4. The predicted molar refractivity (Wildman–Crippen MR) is 65.8 cm³/mol. The second-order valence-electron chi connectivity index (χ2n) is 4.69. The average Bonchev–Trinajstić information content (AvgIpc) is 3.03. The van der Waals surface area contributed by atoms with Crippen LogP contribution in [0.2, 0.25) is 0 Å². The fourth-order valence-electron chi connectivity index (χ4n) is 2.41. The maximum atomic E-state index is 11.7. The van der Waals surface area contributed by atoms with Gasteiger partial charge in [0.1, 0.15) is 0 Å². The summed E-state index contributed by atoms with van der Waals surface area (Å²) in [6, 6.07) is 1.07. The topological polar surface area (TPSA) is 38.3 Å². The third-order valence-electron chi connectivity index (χ3n) is 3.38. The molecule has 2 rings (SSSR count). The summed E-state index contributed by atoms with van der Waals surface area (Å²) in [7, 11) is 0. The molecule has 2 aliphatic carbocycles. The number of halogens is 1. The number of hydrogen-bond donors (Lipinski definition) is 1. The molecule has 3 nitrogen and oxygen atoms in total. The third kappa shape index (κ3) is 3.63. The van der Waals surface area contributed by atoms with E-state index in [9.17, 15) is 4.79 Å². The minimum absolute atomic E-state index is 0. The van der Waals surface area contributed by atoms with E-state index in [0.717, 1.165) is 12.8 Å². The zero-order valence-corrected chi connectivity index (χ0v) is 10.7. The van der Waals surface area contributed by atoms with Gasteiger partial charge in [-0.3, -0.25) is 4.79 Å². The molecule has 0 aromatic rings. The standard InChI is InChI=1S/C12H21NO2.ClH/c1-2-15-12(14)10-5-3-4-6-11(10)13-9-7-8-9;/h9-11,13H,2-8H2,1H3;1H/t10-,11+;/m1./s1. The van der Waals surface area contributed by atoms with Crippen molar-refractivity contribution >= 4 is 18.4 Å². The smallest absolute Gasteiger partial charge is 0.310 e. The van der Waals surface area contributed by atoms with Gasteiger partial charge in [-0.25, -0.2) is 0 Å². The average molecular weight is 248 g/mol. The van der Waals surface area contributed by atoms with E-state index in [4.69, 9.17) is 4.74 Å². The first-order valence-corrected chi connectivity index (χ1v) is 6.24. The van der Waals surface area contributed by atoms with Gasteiger partial charge in [0.15, 0.2) is 0 Å². The molecule has 2 aliphatic rings. The van der Waals surface area contributed by atoms with Crippen molar-refractivity contribution in [2.24, 2.45) is 5.92 Å². The summed E-state index contributed by atoms with van der Waals surface area (Å²) in [4.78, 5) is 11.7. The van der Waals surface area contributed by atoms with Gasteiger partial charge in [-0.2, -0.15) is 0 Å². The molecule has 4 heteroatoms. The molecule has 1 N–H and O–H groups in total. The highest BCUT2D eigenvalue weighted by Crippen LogP contribution is 2.29. The van der Waals surface area contributed by atoms with Crippen LogP contribution in [0.3, 0.4) is 0 Å². The first kappa shape index (κ1) is 13.8. The minimum Gasteiger partial charge on any atom is -0.466 e. The highest BCUT2D eigenvalue weighted by Gasteiger charge is 2.35. The molecule has 0 saturated heterocycles. The van der Waals surface area contributed by atoms with Crippen LogP contribution < -0.4 is 5.32 Å². The van der Waals surface area contributed by atoms with Crippen LogP contribution in [0.5, 0.6) is 0 Å². The molecule has 0 aromatic heterocycles. The maximum Gasteiger partial charge on any atom is 0.310 e. The van der Waals surface area contributed by atoms with E-state index in [1.165, 1.54) is 25.7 Å². The Kier molecular flexibility index (Phi) is 5.56. The molecule has 16 heavy (non-hydrogen) atoms. The van der Waals surface area contributed by atoms with Gasteiger partial charge >= 0.3 is 5.97 Å². The monoisotopic (exact) mass is 247 g/mol. The van der Waals surface area contributed by atoms with E-state index in [0.29, 0.717) is 18.7 Å². The van der Waals surface area contributed by atoms with Crippen LogP contribution in [0.1, 0.15) is 45.4 Å². The van der Waals surface area contributed by atoms with E-state index in [2.05, 4.69) is 5.32 Å². The van der Waals surface area contributed by atoms with Crippen LogP contribution in [0, 0.1) is 5.92 Å². The van der Waals surface area contributed by atoms with Crippen LogP contribution in [-0.4, -0.2) is 24.7 Å². The van der Waals surface area contributed by atoms with Gasteiger partial charge in [-0.1, -0.05) is 12.8 Å². The number of hydrogen-bond acceptors (Lipinski definition) is 3. The largest absolute Gasteiger partial charge is 0.466 e. The van der Waals surface area contributed by atoms with Crippen LogP contribution in [-0.2, 0) is 9.53 Å². The molecule has 0 unspecified atom stereocenters. The molecule has 0 heterocycles. The summed E-state index contributed by atoms with van der Waals surface area (Å²) < 4.78 is 5.13. The van der Waals surface area contributed by atoms with Crippen LogP contribution in [0.25, 0.3) is 0 Å². The van der Waals surface area contributed by atoms with Crippen molar-refractivity contribution in [3.8, 4) is 0 Å². The summed E-state index contributed by atoms with van der Waals surface area (Å²) in [6.07, 6.45) is 7.13. The number of nitrogens with one attached hydrogen (secondary N) is 1. The summed E-state index contributed by atoms with van der Waals surface area (Å²) in [5, 5.41) is 3.58. The highest BCUT2D eigenvalue weighted by molar-refractivity contribution is 5.85. The van der Waals surface area contributed by atoms with Gasteiger partial charge in [-0.05, 0) is 32.6 Å². The Bertz CT molecular complexity index is 231. The lowest BCUT2D eigenvalue weighted by Crippen LogP contribution is -2.43. The molecule has 0 radical (unpaired) electrons. The van der Waals surface area contributed by atoms with Gasteiger partial charge in [0.05, 0.1) is 12.5 Å². The summed E-state index contributed by atoms with van der Waals surface area (Å²) in [5.41, 5.74) is 0. The Balaban J connectivity index is 0.00000128. The molecule has 2 saturated carbocycles. The van der Waals surface area contributed by atoms with Crippen LogP contribution >= 0.6 is 12.4 Å². The number of esters is 1. The predicted octanol–water partition coefficient (Wildman–Crippen LogP) is 2.28. The van der Waals surface area contributed by atoms with Gasteiger partial charge in [0.2, 0.25) is 0 Å². The lowest BCUT2D eigenvalue weighted by atomic mass is 9.84. The Morgan fingerprint density at radius 1 is 1.25 bits per heavy atom. The van der Waals surface area contributed by atoms with Crippen molar-refractivity contribution < 1.29 is 9.53 Å². The normalized spacial score (nSPS) is 29.3. The summed E-state index contributed by atoms with van der Waals surface area (Å²) >= 11 is 0. The van der Waals surface area contributed by atoms with E-state index in [-0.39, 0.29) is 24.3 Å². The Morgan fingerprint density at radius 2 is 1.94 bits per heavy atom. The molecule has 0 amide bonds. The van der Waals surface area contributed by atoms with Crippen LogP contribution in [0.4, 0.5) is 0 Å². The molecule has 94 valence electrons. The fraction of sp³-hybridized carbons (Fsp3) is 0.917. The lowest BCUT2D eigenvalue weighted by Gasteiger charge is -2.30. The zero-order valence-electron chi connectivity index (χ0n) is 9.91. The molecular weight excluding hydrogens is 226 g/mol. The van der Waals surface area contributed by atoms with Gasteiger partial charge in [0, 0.05) is 12.1 Å². The van der Waals surface area contributed by atoms with Crippen molar-refractivity contribution in [2.45, 2.75) is 57.5 Å². The third-order valence-corrected chi connectivity index (χ3v) is 3.38. The molecule has 0 bridgehead atoms. The van der Waals surface area contributed by atoms with Crippen molar-refractivity contribution in [3.63, 3.8) is 0 Å². The van der Waals surface area contributed by atoms with E-state index in [1.54, 1.807) is 0 Å². The van der Waals surface area contributed by atoms with Crippen molar-refractivity contribution in [1.29, 1.82) is 0 Å². The van der Waals surface area contributed by atoms with E-state index >= 15 is 0 Å². The van der Waals surface area contributed by atoms with Crippen molar-refractivity contribution in [1.82, 2.24) is 5.32 Å². The first-order chi connectivity index (χ1) is 7.31. The molecule has 2 atom stereocenters. The fourth-order valence-corrected chi connectivity index (χ4v) is 2.41. The maximum absolute atomic E-state index is 11.7. The number of carbonyl (C=O) groups is 1. The second kappa shape index (κ2) is 6.45. The zero-order chi connectivity index (χ0) is 10.7. The molecular formula is C12H22ClNO2. The Labute approximate surface area is 104 Å². The van der Waals surface area contributed by atoms with Gasteiger partial charge < -0.3 is 10.1 Å². The SMILES string of the molecule is CCOC(=O)[C@@H]1CCCC[C@@H]1NC1CC1.Cl. The van der Waals surface area contributed by atoms with Gasteiger partial charge in [0.25, 0.3) is 0 Å². The number of ether oxygens (including phenoxy) is 1. The lowest BCUT2D eigenvalue weighted by molar-refractivity contribution is -0.150. The first-order valence-electron chi connectivity index (χ1n) is 6.24. The molecule has 0 aliphatic heterocycles. The molecule has 0 spiro atoms. The quantitative estimate of drug-likeness (QED) is 0.775. The summed E-state index contributed by atoms with van der Waals surface area (Å²) in [6.45, 7) is 2.38. The van der Waals surface area contributed by atoms with Gasteiger partial charge in [-0.15, -0.1) is 12.4 Å². The van der Waals surface area contributed by atoms with E-state index < -0.39 is 0 Å². The highest BCUT2D eigenvalue weighted by atomic mass is 35.5. The Morgan fingerprint density at radius 3 is 2.56 bits per heavy atom. The van der Waals surface area contributed by atoms with Crippen molar-refractivity contribution in [2.75, 3.05) is 6.61 Å². The van der Waals surface area contributed by atoms with E-state index in [1.807, 2.05) is 6.92 Å². The van der Waals surface area contributed by atoms with Crippen molar-refractivity contribution in [3.05, 3.63) is 0 Å². The number of carbonyl (C=O) groups excluding carboxylic acids is 1. The summed E-state index contributed by atoms with van der Waals surface area (Å²) in [5.74, 6) is 0.120. The van der Waals surface area contributed by atoms with Crippen LogP contribution in [0.15, 0.2) is 0 Å². The second-order valence-corrected chi connectivity index (χ2v) is 4.69. The Hall–Kier alpha value is -0.280. The molecule has 0 aromatic carbocycles. The molecule has 2 fully saturated rings. The minimum atomic E-state index is 0.